The Balaban J connectivity index is 1.65. The molecular weight excluding hydrogens is 300 g/mol. The van der Waals surface area contributed by atoms with Gasteiger partial charge in [-0.3, -0.25) is 9.69 Å². The van der Waals surface area contributed by atoms with E-state index in [-0.39, 0.29) is 5.91 Å². The zero-order valence-corrected chi connectivity index (χ0v) is 14.3. The highest BCUT2D eigenvalue weighted by atomic mass is 16.3. The average Bonchev–Trinajstić information content (AvgIpc) is 3.02. The Morgan fingerprint density at radius 1 is 1.12 bits per heavy atom. The molecule has 0 saturated carbocycles. The van der Waals surface area contributed by atoms with Gasteiger partial charge < -0.3 is 10.4 Å². The molecule has 0 radical (unpaired) electrons. The molecule has 0 spiro atoms. The molecule has 0 bridgehead atoms. The second kappa shape index (κ2) is 7.05. The van der Waals surface area contributed by atoms with E-state index in [9.17, 15) is 9.90 Å². The molecule has 2 aromatic rings. The second-order valence-electron chi connectivity index (χ2n) is 6.55. The Labute approximate surface area is 143 Å². The van der Waals surface area contributed by atoms with Crippen molar-refractivity contribution in [1.29, 1.82) is 0 Å². The number of phenolic OH excluding ortho intramolecular Hbond substituents is 1. The van der Waals surface area contributed by atoms with Crippen LogP contribution in [-0.4, -0.2) is 30.0 Å². The number of fused-ring (bicyclic) bond motifs is 1. The second-order valence-corrected chi connectivity index (χ2v) is 6.55. The van der Waals surface area contributed by atoms with Crippen LogP contribution >= 0.6 is 0 Å². The highest BCUT2D eigenvalue weighted by molar-refractivity contribution is 5.93. The van der Waals surface area contributed by atoms with E-state index in [0.29, 0.717) is 17.9 Å². The van der Waals surface area contributed by atoms with Crippen molar-refractivity contribution < 1.29 is 9.90 Å². The van der Waals surface area contributed by atoms with Crippen molar-refractivity contribution in [2.45, 2.75) is 32.4 Å². The topological polar surface area (TPSA) is 52.6 Å². The summed E-state index contributed by atoms with van der Waals surface area (Å²) in [5.74, 6) is 0.329. The Kier molecular flexibility index (Phi) is 4.86. The number of phenols is 1. The number of aryl methyl sites for hydroxylation is 2. The Morgan fingerprint density at radius 2 is 1.79 bits per heavy atom. The van der Waals surface area contributed by atoms with Gasteiger partial charge in [0.2, 0.25) is 0 Å². The lowest BCUT2D eigenvalue weighted by atomic mass is 10.0. The number of nitrogens with one attached hydrogen (secondary N) is 1. The van der Waals surface area contributed by atoms with Gasteiger partial charge in [-0.2, -0.15) is 0 Å². The van der Waals surface area contributed by atoms with Gasteiger partial charge in [-0.15, -0.1) is 0 Å². The minimum absolute atomic E-state index is 0.0713. The monoisotopic (exact) mass is 324 g/mol. The summed E-state index contributed by atoms with van der Waals surface area (Å²) >= 11 is 0. The van der Waals surface area contributed by atoms with Crippen molar-refractivity contribution in [3.8, 4) is 5.75 Å². The third-order valence-electron chi connectivity index (χ3n) is 4.63. The maximum absolute atomic E-state index is 11.6. The molecule has 3 rings (SSSR count). The third kappa shape index (κ3) is 3.60. The molecule has 0 heterocycles. The lowest BCUT2D eigenvalue weighted by Crippen LogP contribution is -2.19. The van der Waals surface area contributed by atoms with Crippen LogP contribution in [0.25, 0.3) is 0 Å². The first kappa shape index (κ1) is 16.5. The van der Waals surface area contributed by atoms with E-state index in [1.807, 2.05) is 37.4 Å². The summed E-state index contributed by atoms with van der Waals surface area (Å²) in [5, 5.41) is 12.9. The molecule has 0 fully saturated rings. The fraction of sp³-hybridized carbons (Fsp3) is 0.350. The number of hydrogen-bond donors (Lipinski definition) is 2. The minimum atomic E-state index is -0.0713. The quantitative estimate of drug-likeness (QED) is 0.889. The number of nitrogens with zero attached hydrogens (tertiary/aromatic N) is 1. The van der Waals surface area contributed by atoms with Gasteiger partial charge >= 0.3 is 0 Å². The molecule has 4 heteroatoms. The van der Waals surface area contributed by atoms with Gasteiger partial charge in [-0.1, -0.05) is 18.2 Å². The van der Waals surface area contributed by atoms with Crippen LogP contribution in [0.5, 0.6) is 5.75 Å². The highest BCUT2D eigenvalue weighted by Crippen LogP contribution is 2.30. The smallest absolute Gasteiger partial charge is 0.251 e. The maximum Gasteiger partial charge on any atom is 0.251 e. The number of carbonyl (C=O) groups excluding carboxylic acids is 1. The summed E-state index contributed by atoms with van der Waals surface area (Å²) in [6.45, 7) is 1.47. The molecule has 0 aliphatic heterocycles. The number of hydrogen-bond acceptors (Lipinski definition) is 3. The van der Waals surface area contributed by atoms with E-state index in [1.165, 1.54) is 17.5 Å². The standard InChI is InChI=1S/C20H24N2O2/c1-21-20(24)15-8-6-14(7-9-15)12-22(2)13-18-10-16-4-3-5-17(16)11-19(18)23/h6-11,23H,3-5,12-13H2,1-2H3,(H,21,24). The van der Waals surface area contributed by atoms with E-state index in [1.54, 1.807) is 7.05 Å². The molecular formula is C20H24N2O2. The fourth-order valence-electron chi connectivity index (χ4n) is 3.35. The molecule has 1 amide bonds. The zero-order valence-electron chi connectivity index (χ0n) is 14.3. The van der Waals surface area contributed by atoms with Crippen molar-refractivity contribution >= 4 is 5.91 Å². The first-order chi connectivity index (χ1) is 11.6. The van der Waals surface area contributed by atoms with E-state index in [4.69, 9.17) is 0 Å². The van der Waals surface area contributed by atoms with Crippen molar-refractivity contribution in [3.05, 3.63) is 64.2 Å². The van der Waals surface area contributed by atoms with E-state index in [0.717, 1.165) is 30.5 Å². The largest absolute Gasteiger partial charge is 0.508 e. The van der Waals surface area contributed by atoms with Gasteiger partial charge in [0.05, 0.1) is 0 Å². The Bertz CT molecular complexity index is 738. The number of aromatic hydroxyl groups is 1. The molecule has 2 N–H and O–H groups in total. The Hall–Kier alpha value is -2.33. The molecule has 4 nitrogen and oxygen atoms in total. The van der Waals surface area contributed by atoms with Gasteiger partial charge in [0, 0.05) is 31.3 Å². The van der Waals surface area contributed by atoms with Gasteiger partial charge in [0.25, 0.3) is 5.91 Å². The summed E-state index contributed by atoms with van der Waals surface area (Å²) in [5.41, 5.74) is 5.47. The summed E-state index contributed by atoms with van der Waals surface area (Å²) in [4.78, 5) is 13.7. The SMILES string of the molecule is CNC(=O)c1ccc(CN(C)Cc2cc3c(cc2O)CCC3)cc1. The minimum Gasteiger partial charge on any atom is -0.508 e. The molecule has 0 aromatic heterocycles. The average molecular weight is 324 g/mol. The molecule has 2 aromatic carbocycles. The highest BCUT2D eigenvalue weighted by Gasteiger charge is 2.15. The van der Waals surface area contributed by atoms with Crippen LogP contribution in [0.1, 0.15) is 39.0 Å². The van der Waals surface area contributed by atoms with Gasteiger partial charge in [0.1, 0.15) is 5.75 Å². The molecule has 1 aliphatic carbocycles. The zero-order chi connectivity index (χ0) is 17.1. The number of rotatable bonds is 5. The van der Waals surface area contributed by atoms with Crippen LogP contribution in [0.2, 0.25) is 0 Å². The molecule has 0 saturated heterocycles. The number of amides is 1. The predicted octanol–water partition coefficient (Wildman–Crippen LogP) is 2.87. The first-order valence-corrected chi connectivity index (χ1v) is 8.40. The van der Waals surface area contributed by atoms with Gasteiger partial charge in [0.15, 0.2) is 0 Å². The van der Waals surface area contributed by atoms with Crippen LogP contribution in [0.3, 0.4) is 0 Å². The lowest BCUT2D eigenvalue weighted by molar-refractivity contribution is 0.0963. The number of carbonyl (C=O) groups is 1. The van der Waals surface area contributed by atoms with E-state index in [2.05, 4.69) is 16.3 Å². The normalized spacial score (nSPS) is 13.1. The fourth-order valence-corrected chi connectivity index (χ4v) is 3.35. The van der Waals surface area contributed by atoms with Gasteiger partial charge in [-0.05, 0) is 61.2 Å². The van der Waals surface area contributed by atoms with Crippen LogP contribution < -0.4 is 5.32 Å². The van der Waals surface area contributed by atoms with Gasteiger partial charge in [-0.25, -0.2) is 0 Å². The van der Waals surface area contributed by atoms with Crippen molar-refractivity contribution in [3.63, 3.8) is 0 Å². The summed E-state index contributed by atoms with van der Waals surface area (Å²) < 4.78 is 0. The van der Waals surface area contributed by atoms with Crippen LogP contribution in [0.4, 0.5) is 0 Å². The molecule has 0 unspecified atom stereocenters. The molecule has 126 valence electrons. The van der Waals surface area contributed by atoms with Crippen molar-refractivity contribution in [2.75, 3.05) is 14.1 Å². The van der Waals surface area contributed by atoms with Crippen LogP contribution in [-0.2, 0) is 25.9 Å². The third-order valence-corrected chi connectivity index (χ3v) is 4.63. The summed E-state index contributed by atoms with van der Waals surface area (Å²) in [7, 11) is 3.67. The van der Waals surface area contributed by atoms with E-state index >= 15 is 0 Å². The van der Waals surface area contributed by atoms with E-state index < -0.39 is 0 Å². The molecule has 24 heavy (non-hydrogen) atoms. The summed E-state index contributed by atoms with van der Waals surface area (Å²) in [6.07, 6.45) is 3.38. The van der Waals surface area contributed by atoms with Crippen molar-refractivity contribution in [1.82, 2.24) is 10.2 Å². The van der Waals surface area contributed by atoms with Crippen molar-refractivity contribution in [2.24, 2.45) is 0 Å². The van der Waals surface area contributed by atoms with Crippen LogP contribution in [0, 0.1) is 0 Å². The molecule has 1 aliphatic rings. The predicted molar refractivity (Wildman–Crippen MR) is 95.1 cm³/mol. The first-order valence-electron chi connectivity index (χ1n) is 8.40. The van der Waals surface area contributed by atoms with Crippen LogP contribution in [0.15, 0.2) is 36.4 Å². The summed E-state index contributed by atoms with van der Waals surface area (Å²) in [6, 6.07) is 11.7. The molecule has 0 atom stereocenters. The lowest BCUT2D eigenvalue weighted by Gasteiger charge is -2.18. The Morgan fingerprint density at radius 3 is 2.46 bits per heavy atom. The maximum atomic E-state index is 11.6. The number of benzene rings is 2.